The van der Waals surface area contributed by atoms with E-state index in [0.717, 1.165) is 30.7 Å². The summed E-state index contributed by atoms with van der Waals surface area (Å²) in [5, 5.41) is 0. The van der Waals surface area contributed by atoms with Crippen molar-refractivity contribution in [2.75, 3.05) is 20.7 Å². The fraction of sp³-hybridized carbons (Fsp3) is 0.600. The lowest BCUT2D eigenvalue weighted by atomic mass is 10.1. The Bertz CT molecular complexity index is 342. The van der Waals surface area contributed by atoms with E-state index in [1.165, 1.54) is 18.4 Å². The highest BCUT2D eigenvalue weighted by Crippen LogP contribution is 2.34. The zero-order valence-corrected chi connectivity index (χ0v) is 11.1. The molecule has 0 spiro atoms. The van der Waals surface area contributed by atoms with Crippen molar-refractivity contribution in [3.05, 3.63) is 29.8 Å². The van der Waals surface area contributed by atoms with E-state index < -0.39 is 0 Å². The molecule has 0 aliphatic heterocycles. The van der Waals surface area contributed by atoms with E-state index in [1.807, 2.05) is 12.1 Å². The third-order valence-electron chi connectivity index (χ3n) is 3.91. The van der Waals surface area contributed by atoms with Gasteiger partial charge >= 0.3 is 0 Å². The summed E-state index contributed by atoms with van der Waals surface area (Å²) in [6.45, 7) is 3.50. The molecule has 1 saturated carbocycles. The summed E-state index contributed by atoms with van der Waals surface area (Å²) in [6, 6.07) is 9.15. The van der Waals surface area contributed by atoms with Gasteiger partial charge in [0.15, 0.2) is 0 Å². The number of nitrogens with zero attached hydrogens (tertiary/aromatic N) is 1. The van der Waals surface area contributed by atoms with Crippen LogP contribution in [0.4, 0.5) is 0 Å². The molecule has 0 amide bonds. The first-order valence-corrected chi connectivity index (χ1v) is 6.54. The molecule has 1 atom stereocenters. The van der Waals surface area contributed by atoms with Gasteiger partial charge in [0.25, 0.3) is 0 Å². The minimum absolute atomic E-state index is 0.744. The van der Waals surface area contributed by atoms with Crippen molar-refractivity contribution in [2.24, 2.45) is 5.92 Å². The molecule has 1 aromatic carbocycles. The summed E-state index contributed by atoms with van der Waals surface area (Å²) in [7, 11) is 3.95. The van der Waals surface area contributed by atoms with E-state index in [4.69, 9.17) is 4.74 Å². The molecule has 0 saturated heterocycles. The van der Waals surface area contributed by atoms with Crippen molar-refractivity contribution in [2.45, 2.75) is 32.2 Å². The molecule has 0 bridgehead atoms. The largest absolute Gasteiger partial charge is 0.497 e. The number of ether oxygens (including phenoxy) is 1. The molecular formula is C15H23NO. The molecule has 1 unspecified atom stereocenters. The summed E-state index contributed by atoms with van der Waals surface area (Å²) in [4.78, 5) is 2.49. The first-order valence-electron chi connectivity index (χ1n) is 6.54. The van der Waals surface area contributed by atoms with Gasteiger partial charge in [-0.2, -0.15) is 0 Å². The molecule has 0 aromatic heterocycles. The molecule has 1 aliphatic carbocycles. The number of hydrogen-bond donors (Lipinski definition) is 0. The van der Waals surface area contributed by atoms with Gasteiger partial charge in [0.2, 0.25) is 0 Å². The number of benzene rings is 1. The second-order valence-electron chi connectivity index (χ2n) is 5.16. The van der Waals surface area contributed by atoms with Crippen molar-refractivity contribution >= 4 is 0 Å². The predicted octanol–water partition coefficient (Wildman–Crippen LogP) is 2.97. The lowest BCUT2D eigenvalue weighted by Gasteiger charge is -2.24. The van der Waals surface area contributed by atoms with E-state index >= 15 is 0 Å². The number of methoxy groups -OCH3 is 1. The Morgan fingerprint density at radius 1 is 1.29 bits per heavy atom. The molecule has 1 aliphatic rings. The third kappa shape index (κ3) is 3.47. The summed E-state index contributed by atoms with van der Waals surface area (Å²) in [5.74, 6) is 1.89. The SMILES string of the molecule is COc1ccc(CCN(C)C(C)C2CC2)cc1. The quantitative estimate of drug-likeness (QED) is 0.749. The average molecular weight is 233 g/mol. The topological polar surface area (TPSA) is 12.5 Å². The molecule has 17 heavy (non-hydrogen) atoms. The molecule has 2 nitrogen and oxygen atoms in total. The first kappa shape index (κ1) is 12.4. The maximum absolute atomic E-state index is 5.16. The van der Waals surface area contributed by atoms with Crippen molar-refractivity contribution < 1.29 is 4.74 Å². The Balaban J connectivity index is 1.79. The summed E-state index contributed by atoms with van der Waals surface area (Å²) < 4.78 is 5.16. The van der Waals surface area contributed by atoms with Crippen LogP contribution in [0.2, 0.25) is 0 Å². The van der Waals surface area contributed by atoms with Crippen molar-refractivity contribution in [3.8, 4) is 5.75 Å². The number of rotatable bonds is 6. The van der Waals surface area contributed by atoms with Crippen LogP contribution in [-0.4, -0.2) is 31.6 Å². The van der Waals surface area contributed by atoms with Gasteiger partial charge in [-0.3, -0.25) is 0 Å². The molecule has 1 aromatic rings. The summed E-state index contributed by atoms with van der Waals surface area (Å²) in [5.41, 5.74) is 1.39. The van der Waals surface area contributed by atoms with Crippen molar-refractivity contribution in [1.82, 2.24) is 4.90 Å². The third-order valence-corrected chi connectivity index (χ3v) is 3.91. The Morgan fingerprint density at radius 2 is 1.94 bits per heavy atom. The van der Waals surface area contributed by atoms with Crippen LogP contribution in [0.25, 0.3) is 0 Å². The van der Waals surface area contributed by atoms with E-state index in [9.17, 15) is 0 Å². The molecule has 0 radical (unpaired) electrons. The van der Waals surface area contributed by atoms with Gasteiger partial charge < -0.3 is 9.64 Å². The summed E-state index contributed by atoms with van der Waals surface area (Å²) in [6.07, 6.45) is 3.97. The Kier molecular flexibility index (Phi) is 4.06. The molecular weight excluding hydrogens is 210 g/mol. The standard InChI is InChI=1S/C15H23NO/c1-12(14-6-7-14)16(2)11-10-13-4-8-15(17-3)9-5-13/h4-5,8-9,12,14H,6-7,10-11H2,1-3H3. The highest BCUT2D eigenvalue weighted by Gasteiger charge is 2.29. The van der Waals surface area contributed by atoms with Gasteiger partial charge in [-0.05, 0) is 56.8 Å². The highest BCUT2D eigenvalue weighted by molar-refractivity contribution is 5.27. The van der Waals surface area contributed by atoms with E-state index in [1.54, 1.807) is 7.11 Å². The normalized spacial score (nSPS) is 17.2. The first-order chi connectivity index (χ1) is 8.20. The molecule has 2 heteroatoms. The predicted molar refractivity (Wildman–Crippen MR) is 71.5 cm³/mol. The molecule has 0 heterocycles. The lowest BCUT2D eigenvalue weighted by Crippen LogP contribution is -2.32. The van der Waals surface area contributed by atoms with Crippen LogP contribution in [0.15, 0.2) is 24.3 Å². The van der Waals surface area contributed by atoms with E-state index in [0.29, 0.717) is 0 Å². The van der Waals surface area contributed by atoms with Crippen LogP contribution in [0.1, 0.15) is 25.3 Å². The van der Waals surface area contributed by atoms with Gasteiger partial charge in [-0.1, -0.05) is 12.1 Å². The van der Waals surface area contributed by atoms with Crippen LogP contribution in [0.5, 0.6) is 5.75 Å². The van der Waals surface area contributed by atoms with Gasteiger partial charge in [0, 0.05) is 12.6 Å². The van der Waals surface area contributed by atoms with Crippen LogP contribution in [0, 0.1) is 5.92 Å². The van der Waals surface area contributed by atoms with Crippen LogP contribution in [-0.2, 0) is 6.42 Å². The molecule has 1 fully saturated rings. The zero-order chi connectivity index (χ0) is 12.3. The van der Waals surface area contributed by atoms with Crippen molar-refractivity contribution in [3.63, 3.8) is 0 Å². The molecule has 0 N–H and O–H groups in total. The van der Waals surface area contributed by atoms with Crippen molar-refractivity contribution in [1.29, 1.82) is 0 Å². The minimum Gasteiger partial charge on any atom is -0.497 e. The Hall–Kier alpha value is -1.02. The Morgan fingerprint density at radius 3 is 2.47 bits per heavy atom. The lowest BCUT2D eigenvalue weighted by molar-refractivity contribution is 0.237. The fourth-order valence-corrected chi connectivity index (χ4v) is 2.24. The minimum atomic E-state index is 0.744. The molecule has 2 rings (SSSR count). The maximum Gasteiger partial charge on any atom is 0.118 e. The van der Waals surface area contributed by atoms with E-state index in [-0.39, 0.29) is 0 Å². The zero-order valence-electron chi connectivity index (χ0n) is 11.1. The second-order valence-corrected chi connectivity index (χ2v) is 5.16. The van der Waals surface area contributed by atoms with E-state index in [2.05, 4.69) is 31.0 Å². The average Bonchev–Trinajstić information content (AvgIpc) is 3.20. The maximum atomic E-state index is 5.16. The number of hydrogen-bond acceptors (Lipinski definition) is 2. The number of likely N-dealkylation sites (N-methyl/N-ethyl adjacent to an activating group) is 1. The second kappa shape index (κ2) is 5.54. The highest BCUT2D eigenvalue weighted by atomic mass is 16.5. The molecule has 94 valence electrons. The monoisotopic (exact) mass is 233 g/mol. The Labute approximate surface area is 105 Å². The fourth-order valence-electron chi connectivity index (χ4n) is 2.24. The smallest absolute Gasteiger partial charge is 0.118 e. The van der Waals surface area contributed by atoms with Crippen LogP contribution < -0.4 is 4.74 Å². The summed E-state index contributed by atoms with van der Waals surface area (Å²) >= 11 is 0. The van der Waals surface area contributed by atoms with Gasteiger partial charge in [-0.15, -0.1) is 0 Å². The van der Waals surface area contributed by atoms with Gasteiger partial charge in [0.1, 0.15) is 5.75 Å². The van der Waals surface area contributed by atoms with Gasteiger partial charge in [-0.25, -0.2) is 0 Å². The van der Waals surface area contributed by atoms with Gasteiger partial charge in [0.05, 0.1) is 7.11 Å². The van der Waals surface area contributed by atoms with Crippen LogP contribution in [0.3, 0.4) is 0 Å². The van der Waals surface area contributed by atoms with Crippen LogP contribution >= 0.6 is 0 Å².